The Bertz CT molecular complexity index is 976. The number of carbonyl (C=O) groups is 2. The summed E-state index contributed by atoms with van der Waals surface area (Å²) < 4.78 is 6.22. The van der Waals surface area contributed by atoms with Gasteiger partial charge in [0.25, 0.3) is 11.8 Å². The fraction of sp³-hybridized carbons (Fsp3) is 0.259. The number of allylic oxidation sites excluding steroid dienone is 4. The Labute approximate surface area is 185 Å². The zero-order valence-electron chi connectivity index (χ0n) is 18.6. The van der Waals surface area contributed by atoms with Crippen molar-refractivity contribution in [2.75, 3.05) is 11.5 Å². The number of imide groups is 1. The second-order valence-electron chi connectivity index (χ2n) is 7.80. The van der Waals surface area contributed by atoms with Gasteiger partial charge in [-0.1, -0.05) is 37.0 Å². The molecule has 0 aromatic heterocycles. The summed E-state index contributed by atoms with van der Waals surface area (Å²) in [6.45, 7) is 23.8. The van der Waals surface area contributed by atoms with Crippen molar-refractivity contribution in [1.29, 1.82) is 0 Å². The third kappa shape index (κ3) is 5.21. The minimum atomic E-state index is -0.390. The van der Waals surface area contributed by atoms with Crippen LogP contribution in [-0.2, 0) is 35.3 Å². The van der Waals surface area contributed by atoms with Crippen molar-refractivity contribution in [1.82, 2.24) is 0 Å². The van der Waals surface area contributed by atoms with Gasteiger partial charge < -0.3 is 4.74 Å². The molecule has 2 rings (SSSR count). The van der Waals surface area contributed by atoms with Gasteiger partial charge in [0.05, 0.1) is 5.69 Å². The molecule has 2 amide bonds. The molecule has 0 fully saturated rings. The number of rotatable bonds is 12. The van der Waals surface area contributed by atoms with Gasteiger partial charge in [-0.3, -0.25) is 9.59 Å². The maximum absolute atomic E-state index is 12.7. The van der Waals surface area contributed by atoms with Gasteiger partial charge in [-0.15, -0.1) is 19.7 Å². The number of carbonyl (C=O) groups excluding carboxylic acids is 2. The summed E-state index contributed by atoms with van der Waals surface area (Å²) in [5.41, 5.74) is 6.02. The quantitative estimate of drug-likeness (QED) is 0.339. The molecule has 1 heterocycles. The van der Waals surface area contributed by atoms with Crippen LogP contribution in [0.25, 0.3) is 0 Å². The Kier molecular flexibility index (Phi) is 8.14. The predicted octanol–water partition coefficient (Wildman–Crippen LogP) is 5.38. The topological polar surface area (TPSA) is 46.6 Å². The molecule has 0 spiro atoms. The van der Waals surface area contributed by atoms with Crippen molar-refractivity contribution in [3.63, 3.8) is 0 Å². The molecule has 4 heteroatoms. The van der Waals surface area contributed by atoms with Crippen LogP contribution in [0.1, 0.15) is 36.1 Å². The summed E-state index contributed by atoms with van der Waals surface area (Å²) in [4.78, 5) is 26.7. The van der Waals surface area contributed by atoms with Crippen LogP contribution >= 0.6 is 0 Å². The van der Waals surface area contributed by atoms with Crippen molar-refractivity contribution in [2.24, 2.45) is 0 Å². The largest absolute Gasteiger partial charge is 0.487 e. The first-order valence-electron chi connectivity index (χ1n) is 10.3. The number of hydrogen-bond acceptors (Lipinski definition) is 3. The van der Waals surface area contributed by atoms with Crippen molar-refractivity contribution in [2.45, 2.75) is 39.5 Å². The van der Waals surface area contributed by atoms with Crippen molar-refractivity contribution in [3.05, 3.63) is 96.7 Å². The number of amides is 2. The van der Waals surface area contributed by atoms with E-state index in [1.807, 2.05) is 26.0 Å². The molecule has 162 valence electrons. The highest BCUT2D eigenvalue weighted by atomic mass is 16.5. The maximum Gasteiger partial charge on any atom is 0.258 e. The summed E-state index contributed by atoms with van der Waals surface area (Å²) in [7, 11) is 0. The maximum atomic E-state index is 12.7. The molecule has 1 aliphatic rings. The van der Waals surface area contributed by atoms with Gasteiger partial charge in [0, 0.05) is 17.7 Å². The molecule has 4 nitrogen and oxygen atoms in total. The van der Waals surface area contributed by atoms with Crippen molar-refractivity contribution >= 4 is 17.5 Å². The number of ether oxygens (including phenoxy) is 1. The van der Waals surface area contributed by atoms with Crippen molar-refractivity contribution in [3.8, 4) is 5.75 Å². The summed E-state index contributed by atoms with van der Waals surface area (Å²) in [5, 5.41) is 0. The fourth-order valence-electron chi connectivity index (χ4n) is 3.77. The van der Waals surface area contributed by atoms with E-state index in [0.717, 1.165) is 33.4 Å². The van der Waals surface area contributed by atoms with E-state index in [-0.39, 0.29) is 6.61 Å². The molecular weight excluding hydrogens is 386 g/mol. The lowest BCUT2D eigenvalue weighted by molar-refractivity contribution is -0.120. The third-order valence-electron chi connectivity index (χ3n) is 4.89. The molecule has 0 aliphatic carbocycles. The average Bonchev–Trinajstić information content (AvgIpc) is 3.02. The summed E-state index contributed by atoms with van der Waals surface area (Å²) in [6.07, 6.45) is 10.2. The number of nitrogens with zero attached hydrogens (tertiary/aromatic N) is 1. The first-order valence-corrected chi connectivity index (χ1v) is 10.3. The zero-order chi connectivity index (χ0) is 23.1. The normalized spacial score (nSPS) is 12.8. The number of hydrogen-bond donors (Lipinski definition) is 0. The molecule has 1 aliphatic heterocycles. The molecule has 0 N–H and O–H groups in total. The van der Waals surface area contributed by atoms with Crippen molar-refractivity contribution < 1.29 is 14.3 Å². The smallest absolute Gasteiger partial charge is 0.258 e. The van der Waals surface area contributed by atoms with E-state index in [1.54, 1.807) is 6.08 Å². The Balaban J connectivity index is 3.03. The Hall–Kier alpha value is -3.40. The van der Waals surface area contributed by atoms with Crippen LogP contribution in [-0.4, -0.2) is 18.4 Å². The Morgan fingerprint density at radius 3 is 1.77 bits per heavy atom. The van der Waals surface area contributed by atoms with Crippen LogP contribution in [0.3, 0.4) is 0 Å². The molecule has 0 unspecified atom stereocenters. The van der Waals surface area contributed by atoms with E-state index in [4.69, 9.17) is 4.74 Å². The van der Waals surface area contributed by atoms with Gasteiger partial charge in [0.1, 0.15) is 12.4 Å². The summed E-state index contributed by atoms with van der Waals surface area (Å²) >= 11 is 0. The van der Waals surface area contributed by atoms with E-state index in [2.05, 4.69) is 32.9 Å². The molecule has 0 saturated heterocycles. The molecular formula is C27H31NO3. The molecule has 0 bridgehead atoms. The molecule has 0 atom stereocenters. The van der Waals surface area contributed by atoms with Crippen LogP contribution in [0.15, 0.2) is 74.4 Å². The lowest BCUT2D eigenvalue weighted by Gasteiger charge is -2.29. The zero-order valence-corrected chi connectivity index (χ0v) is 18.6. The highest BCUT2D eigenvalue weighted by Crippen LogP contribution is 2.44. The minimum absolute atomic E-state index is 0.266. The fourth-order valence-corrected chi connectivity index (χ4v) is 3.77. The van der Waals surface area contributed by atoms with Gasteiger partial charge in [0.2, 0.25) is 0 Å². The van der Waals surface area contributed by atoms with Gasteiger partial charge >= 0.3 is 0 Å². The second kappa shape index (κ2) is 10.6. The molecule has 1 aromatic carbocycles. The molecule has 0 radical (unpaired) electrons. The van der Waals surface area contributed by atoms with E-state index >= 15 is 0 Å². The van der Waals surface area contributed by atoms with Gasteiger partial charge in [-0.05, 0) is 61.8 Å². The van der Waals surface area contributed by atoms with E-state index < -0.39 is 11.8 Å². The Morgan fingerprint density at radius 2 is 1.32 bits per heavy atom. The standard InChI is InChI=1S/C27H31NO3/c1-8-11-20-21(12-9-2)23(16-18(4)5)26(28-24(29)14-15-25(28)30)27(22(20)13-10-3)31-17-19(6)7/h8-10,14-15H,1-4,6,11-13,16-17H2,5,7H3. The highest BCUT2D eigenvalue weighted by Gasteiger charge is 2.34. The summed E-state index contributed by atoms with van der Waals surface area (Å²) in [5.74, 6) is -0.272. The lowest BCUT2D eigenvalue weighted by atomic mass is 9.85. The third-order valence-corrected chi connectivity index (χ3v) is 4.89. The van der Waals surface area contributed by atoms with E-state index in [0.29, 0.717) is 37.1 Å². The monoisotopic (exact) mass is 417 g/mol. The van der Waals surface area contributed by atoms with Crippen LogP contribution < -0.4 is 9.64 Å². The van der Waals surface area contributed by atoms with Crippen LogP contribution in [0.5, 0.6) is 5.75 Å². The number of benzene rings is 1. The van der Waals surface area contributed by atoms with E-state index in [1.165, 1.54) is 17.1 Å². The first kappa shape index (κ1) is 23.9. The van der Waals surface area contributed by atoms with Gasteiger partial charge in [0.15, 0.2) is 0 Å². The van der Waals surface area contributed by atoms with Crippen LogP contribution in [0, 0.1) is 0 Å². The minimum Gasteiger partial charge on any atom is -0.487 e. The van der Waals surface area contributed by atoms with Crippen LogP contribution in [0.4, 0.5) is 5.69 Å². The molecule has 0 saturated carbocycles. The second-order valence-corrected chi connectivity index (χ2v) is 7.80. The summed E-state index contributed by atoms with van der Waals surface area (Å²) in [6, 6.07) is 0. The molecule has 1 aromatic rings. The van der Waals surface area contributed by atoms with Gasteiger partial charge in [-0.2, -0.15) is 0 Å². The average molecular weight is 418 g/mol. The van der Waals surface area contributed by atoms with Crippen LogP contribution in [0.2, 0.25) is 0 Å². The van der Waals surface area contributed by atoms with E-state index in [9.17, 15) is 9.59 Å². The molecule has 31 heavy (non-hydrogen) atoms. The van der Waals surface area contributed by atoms with Gasteiger partial charge in [-0.25, -0.2) is 4.90 Å². The number of anilines is 1. The highest BCUT2D eigenvalue weighted by molar-refractivity contribution is 6.29. The lowest BCUT2D eigenvalue weighted by Crippen LogP contribution is -2.32. The predicted molar refractivity (Wildman–Crippen MR) is 129 cm³/mol. The Morgan fingerprint density at radius 1 is 0.839 bits per heavy atom. The first-order chi connectivity index (χ1) is 14.8. The SMILES string of the molecule is C=CCc1c(CC=C)c(CC(=C)C)c(N2C(=O)C=CC2=O)c(OCC(=C)C)c1CC=C.